The van der Waals surface area contributed by atoms with E-state index in [-0.39, 0.29) is 0 Å². The molecule has 0 fully saturated rings. The summed E-state index contributed by atoms with van der Waals surface area (Å²) >= 11 is 0. The Balaban J connectivity index is 0.000000181. The number of aromatic nitrogens is 6. The second-order valence-electron chi connectivity index (χ2n) is 6.85. The van der Waals surface area contributed by atoms with Crippen molar-refractivity contribution in [1.29, 1.82) is 0 Å². The quantitative estimate of drug-likeness (QED) is 0.440. The standard InChI is InChI=1S/C14H15N5O.C8H8N2/c1-2-11-14-12(15-9-20)4-3-5-13(14)19(18-11)8-10-6-16-17-7-10;1-7-6-9-8-4-2-3-5-10(7)8/h3-7,9H,2,8H2,1H3,(H,15,20)(H,16,17);2-6H,1H3. The number of carbonyl (C=O) groups is 1. The summed E-state index contributed by atoms with van der Waals surface area (Å²) in [6.07, 6.45) is 9.03. The highest BCUT2D eigenvalue weighted by Gasteiger charge is 2.13. The zero-order valence-corrected chi connectivity index (χ0v) is 16.9. The van der Waals surface area contributed by atoms with E-state index in [0.717, 1.165) is 39.9 Å². The normalized spacial score (nSPS) is 10.7. The van der Waals surface area contributed by atoms with Gasteiger partial charge in [-0.2, -0.15) is 10.2 Å². The molecule has 0 atom stereocenters. The Morgan fingerprint density at radius 3 is 2.80 bits per heavy atom. The van der Waals surface area contributed by atoms with Crippen molar-refractivity contribution < 1.29 is 4.79 Å². The molecule has 0 saturated carbocycles. The summed E-state index contributed by atoms with van der Waals surface area (Å²) in [5.41, 5.74) is 6.04. The Morgan fingerprint density at radius 2 is 2.07 bits per heavy atom. The maximum Gasteiger partial charge on any atom is 0.211 e. The van der Waals surface area contributed by atoms with E-state index in [2.05, 4.69) is 36.9 Å². The SMILES string of the molecule is CCc1nn(Cc2cn[nH]c2)c2cccc(NC=O)c12.Cc1cnc2ccccn12. The zero-order chi connectivity index (χ0) is 20.9. The topological polar surface area (TPSA) is 92.9 Å². The monoisotopic (exact) mass is 401 g/mol. The summed E-state index contributed by atoms with van der Waals surface area (Å²) in [6.45, 7) is 4.75. The van der Waals surface area contributed by atoms with Gasteiger partial charge in [-0.15, -0.1) is 0 Å². The fourth-order valence-corrected chi connectivity index (χ4v) is 3.46. The van der Waals surface area contributed by atoms with Crippen LogP contribution in [0.3, 0.4) is 0 Å². The summed E-state index contributed by atoms with van der Waals surface area (Å²) in [5.74, 6) is 0. The number of nitrogens with zero attached hydrogens (tertiary/aromatic N) is 5. The van der Waals surface area contributed by atoms with E-state index in [1.807, 2.05) is 66.6 Å². The van der Waals surface area contributed by atoms with Crippen LogP contribution in [0.4, 0.5) is 5.69 Å². The molecule has 5 rings (SSSR count). The molecule has 30 heavy (non-hydrogen) atoms. The average Bonchev–Trinajstić information content (AvgIpc) is 3.50. The Bertz CT molecular complexity index is 1270. The fraction of sp³-hybridized carbons (Fsp3) is 0.182. The first-order valence-corrected chi connectivity index (χ1v) is 9.76. The molecule has 0 bridgehead atoms. The summed E-state index contributed by atoms with van der Waals surface area (Å²) in [6, 6.07) is 11.8. The predicted molar refractivity (Wildman–Crippen MR) is 116 cm³/mol. The van der Waals surface area contributed by atoms with Crippen molar-refractivity contribution in [3.05, 3.63) is 78.1 Å². The average molecular weight is 401 g/mol. The maximum atomic E-state index is 10.7. The molecular formula is C22H23N7O. The number of nitrogens with one attached hydrogen (secondary N) is 2. The van der Waals surface area contributed by atoms with Crippen LogP contribution in [0.25, 0.3) is 16.6 Å². The van der Waals surface area contributed by atoms with Crippen LogP contribution in [0.2, 0.25) is 0 Å². The zero-order valence-electron chi connectivity index (χ0n) is 16.9. The number of fused-ring (bicyclic) bond motifs is 2. The molecule has 0 spiro atoms. The Hall–Kier alpha value is -3.94. The lowest BCUT2D eigenvalue weighted by Gasteiger charge is -2.03. The first-order valence-electron chi connectivity index (χ1n) is 9.76. The van der Waals surface area contributed by atoms with Crippen molar-refractivity contribution in [2.75, 3.05) is 5.32 Å². The number of anilines is 1. The summed E-state index contributed by atoms with van der Waals surface area (Å²) in [4.78, 5) is 14.9. The van der Waals surface area contributed by atoms with Gasteiger partial charge in [-0.1, -0.05) is 19.1 Å². The number of benzene rings is 1. The Kier molecular flexibility index (Phi) is 5.56. The van der Waals surface area contributed by atoms with Crippen molar-refractivity contribution in [3.63, 3.8) is 0 Å². The first kappa shape index (κ1) is 19.4. The lowest BCUT2D eigenvalue weighted by atomic mass is 10.1. The summed E-state index contributed by atoms with van der Waals surface area (Å²) < 4.78 is 4.00. The molecule has 4 aromatic heterocycles. The van der Waals surface area contributed by atoms with E-state index >= 15 is 0 Å². The van der Waals surface area contributed by atoms with Gasteiger partial charge in [0.1, 0.15) is 5.65 Å². The molecule has 0 aliphatic heterocycles. The van der Waals surface area contributed by atoms with Gasteiger partial charge in [0.05, 0.1) is 29.6 Å². The molecule has 0 radical (unpaired) electrons. The smallest absolute Gasteiger partial charge is 0.211 e. The third kappa shape index (κ3) is 3.80. The minimum Gasteiger partial charge on any atom is -0.328 e. The fourth-order valence-electron chi connectivity index (χ4n) is 3.46. The van der Waals surface area contributed by atoms with Gasteiger partial charge in [0.25, 0.3) is 0 Å². The van der Waals surface area contributed by atoms with E-state index in [0.29, 0.717) is 13.0 Å². The maximum absolute atomic E-state index is 10.7. The molecule has 0 unspecified atom stereocenters. The van der Waals surface area contributed by atoms with E-state index < -0.39 is 0 Å². The largest absolute Gasteiger partial charge is 0.328 e. The lowest BCUT2D eigenvalue weighted by Crippen LogP contribution is -2.01. The number of hydrogen-bond donors (Lipinski definition) is 2. The molecule has 4 heterocycles. The molecule has 8 heteroatoms. The molecule has 1 aromatic carbocycles. The number of pyridine rings is 1. The van der Waals surface area contributed by atoms with Gasteiger partial charge < -0.3 is 9.72 Å². The molecule has 1 amide bonds. The Labute approximate surface area is 173 Å². The molecule has 8 nitrogen and oxygen atoms in total. The van der Waals surface area contributed by atoms with Crippen LogP contribution in [-0.2, 0) is 17.8 Å². The number of rotatable bonds is 5. The summed E-state index contributed by atoms with van der Waals surface area (Å²) in [5, 5.41) is 15.1. The number of aryl methyl sites for hydroxylation is 2. The van der Waals surface area contributed by atoms with Crippen LogP contribution < -0.4 is 5.32 Å². The van der Waals surface area contributed by atoms with Crippen LogP contribution in [0, 0.1) is 6.92 Å². The number of amides is 1. The third-order valence-corrected chi connectivity index (χ3v) is 4.89. The molecule has 2 N–H and O–H groups in total. The number of carbonyl (C=O) groups excluding carboxylic acids is 1. The van der Waals surface area contributed by atoms with Crippen LogP contribution >= 0.6 is 0 Å². The number of hydrogen-bond acceptors (Lipinski definition) is 4. The van der Waals surface area contributed by atoms with Crippen molar-refractivity contribution in [2.45, 2.75) is 26.8 Å². The van der Waals surface area contributed by atoms with Gasteiger partial charge in [-0.05, 0) is 37.6 Å². The lowest BCUT2D eigenvalue weighted by molar-refractivity contribution is -0.105. The summed E-state index contributed by atoms with van der Waals surface area (Å²) in [7, 11) is 0. The Morgan fingerprint density at radius 1 is 1.17 bits per heavy atom. The second-order valence-corrected chi connectivity index (χ2v) is 6.85. The number of imidazole rings is 1. The van der Waals surface area contributed by atoms with Crippen LogP contribution in [0.5, 0.6) is 0 Å². The third-order valence-electron chi connectivity index (χ3n) is 4.89. The second kappa shape index (κ2) is 8.60. The van der Waals surface area contributed by atoms with Crippen molar-refractivity contribution in [3.8, 4) is 0 Å². The molecule has 0 aliphatic rings. The van der Waals surface area contributed by atoms with Crippen LogP contribution in [0.1, 0.15) is 23.9 Å². The molecule has 152 valence electrons. The van der Waals surface area contributed by atoms with E-state index in [1.54, 1.807) is 6.20 Å². The molecular weight excluding hydrogens is 378 g/mol. The van der Waals surface area contributed by atoms with Crippen LogP contribution in [0.15, 0.2) is 61.2 Å². The van der Waals surface area contributed by atoms with E-state index in [9.17, 15) is 4.79 Å². The predicted octanol–water partition coefficient (Wildman–Crippen LogP) is 3.58. The highest BCUT2D eigenvalue weighted by atomic mass is 16.1. The molecule has 5 aromatic rings. The molecule has 0 aliphatic carbocycles. The highest BCUT2D eigenvalue weighted by molar-refractivity contribution is 5.97. The van der Waals surface area contributed by atoms with Crippen molar-refractivity contribution in [1.82, 2.24) is 29.4 Å². The molecule has 0 saturated heterocycles. The van der Waals surface area contributed by atoms with Crippen molar-refractivity contribution in [2.24, 2.45) is 0 Å². The van der Waals surface area contributed by atoms with Gasteiger partial charge >= 0.3 is 0 Å². The minimum absolute atomic E-state index is 0.650. The van der Waals surface area contributed by atoms with Gasteiger partial charge in [0, 0.05) is 35.2 Å². The first-order chi connectivity index (χ1) is 14.7. The van der Waals surface area contributed by atoms with Gasteiger partial charge in [0.2, 0.25) is 6.41 Å². The van der Waals surface area contributed by atoms with Gasteiger partial charge in [-0.3, -0.25) is 14.6 Å². The highest BCUT2D eigenvalue weighted by Crippen LogP contribution is 2.27. The van der Waals surface area contributed by atoms with E-state index in [1.165, 1.54) is 5.69 Å². The van der Waals surface area contributed by atoms with Crippen LogP contribution in [-0.4, -0.2) is 35.8 Å². The van der Waals surface area contributed by atoms with Gasteiger partial charge in [0.15, 0.2) is 0 Å². The number of H-pyrrole nitrogens is 1. The van der Waals surface area contributed by atoms with E-state index in [4.69, 9.17) is 0 Å². The minimum atomic E-state index is 0.650. The van der Waals surface area contributed by atoms with Gasteiger partial charge in [-0.25, -0.2) is 4.98 Å². The number of aromatic amines is 1. The van der Waals surface area contributed by atoms with Crippen molar-refractivity contribution >= 4 is 28.6 Å².